The first-order valence-corrected chi connectivity index (χ1v) is 6.78. The first-order chi connectivity index (χ1) is 7.89. The lowest BCUT2D eigenvalue weighted by Crippen LogP contribution is -2.27. The van der Waals surface area contributed by atoms with E-state index in [-0.39, 0.29) is 9.90 Å². The summed E-state index contributed by atoms with van der Waals surface area (Å²) in [5.74, 6) is 1.05. The number of aldehydes is 1. The minimum Gasteiger partial charge on any atom is -0.368 e. The molecule has 0 unspecified atom stereocenters. The van der Waals surface area contributed by atoms with Crippen LogP contribution in [0.3, 0.4) is 0 Å². The first-order valence-electron chi connectivity index (χ1n) is 5.18. The number of aromatic nitrogens is 2. The van der Waals surface area contributed by atoms with E-state index in [2.05, 4.69) is 29.1 Å². The van der Waals surface area contributed by atoms with Gasteiger partial charge in [-0.05, 0) is 27.0 Å². The molecule has 0 atom stereocenters. The zero-order chi connectivity index (χ0) is 13.1. The first kappa shape index (κ1) is 14.3. The third-order valence-electron chi connectivity index (χ3n) is 2.36. The summed E-state index contributed by atoms with van der Waals surface area (Å²) >= 11 is 7.63. The number of rotatable bonds is 5. The Bertz CT molecular complexity index is 423. The molecule has 0 saturated heterocycles. The van der Waals surface area contributed by atoms with Crippen LogP contribution in [0, 0.1) is 6.92 Å². The fourth-order valence-electron chi connectivity index (χ4n) is 1.15. The van der Waals surface area contributed by atoms with Gasteiger partial charge in [0, 0.05) is 11.3 Å². The monoisotopic (exact) mass is 273 g/mol. The third kappa shape index (κ3) is 3.85. The Kier molecular flexibility index (Phi) is 4.77. The van der Waals surface area contributed by atoms with Crippen LogP contribution >= 0.6 is 23.4 Å². The van der Waals surface area contributed by atoms with Crippen LogP contribution in [-0.2, 0) is 0 Å². The van der Waals surface area contributed by atoms with E-state index in [1.54, 1.807) is 18.7 Å². The van der Waals surface area contributed by atoms with Crippen LogP contribution in [-0.4, -0.2) is 33.8 Å². The van der Waals surface area contributed by atoms with Crippen LogP contribution in [0.1, 0.15) is 30.0 Å². The van der Waals surface area contributed by atoms with E-state index in [1.165, 1.54) is 0 Å². The SMILES string of the molecule is CSC(C)(C)CNc1nc(C)nc(Cl)c1C=O. The van der Waals surface area contributed by atoms with Crippen molar-refractivity contribution in [3.8, 4) is 0 Å². The van der Waals surface area contributed by atoms with Gasteiger partial charge in [-0.1, -0.05) is 11.6 Å². The van der Waals surface area contributed by atoms with Crippen LogP contribution in [0.4, 0.5) is 5.82 Å². The number of aryl methyl sites for hydroxylation is 1. The summed E-state index contributed by atoms with van der Waals surface area (Å²) in [5.41, 5.74) is 0.314. The summed E-state index contributed by atoms with van der Waals surface area (Å²) < 4.78 is 0.0610. The molecule has 4 nitrogen and oxygen atoms in total. The van der Waals surface area contributed by atoms with Crippen LogP contribution in [0.15, 0.2) is 0 Å². The van der Waals surface area contributed by atoms with Gasteiger partial charge in [0.05, 0.1) is 5.56 Å². The molecule has 1 N–H and O–H groups in total. The summed E-state index contributed by atoms with van der Waals surface area (Å²) in [6.07, 6.45) is 2.72. The summed E-state index contributed by atoms with van der Waals surface area (Å²) in [4.78, 5) is 19.1. The van der Waals surface area contributed by atoms with Crippen molar-refractivity contribution in [2.45, 2.75) is 25.5 Å². The highest BCUT2D eigenvalue weighted by Crippen LogP contribution is 2.24. The summed E-state index contributed by atoms with van der Waals surface area (Å²) in [6, 6.07) is 0. The van der Waals surface area contributed by atoms with Crippen molar-refractivity contribution in [3.05, 3.63) is 16.5 Å². The predicted molar refractivity (Wildman–Crippen MR) is 73.3 cm³/mol. The molecule has 0 radical (unpaired) electrons. The second-order valence-corrected chi connectivity index (χ2v) is 6.13. The standard InChI is InChI=1S/C11H16ClN3OS/c1-7-14-9(12)8(5-16)10(15-7)13-6-11(2,3)17-4/h5H,6H2,1-4H3,(H,13,14,15). The fraction of sp³-hybridized carbons (Fsp3) is 0.545. The maximum absolute atomic E-state index is 10.9. The van der Waals surface area contributed by atoms with Gasteiger partial charge in [-0.3, -0.25) is 4.79 Å². The van der Waals surface area contributed by atoms with E-state index < -0.39 is 0 Å². The van der Waals surface area contributed by atoms with Gasteiger partial charge in [-0.15, -0.1) is 0 Å². The molecule has 1 rings (SSSR count). The van der Waals surface area contributed by atoms with Gasteiger partial charge >= 0.3 is 0 Å². The Balaban J connectivity index is 2.94. The second kappa shape index (κ2) is 5.69. The molecule has 1 heterocycles. The molecule has 6 heteroatoms. The number of carbonyl (C=O) groups excluding carboxylic acids is 1. The lowest BCUT2D eigenvalue weighted by Gasteiger charge is -2.23. The van der Waals surface area contributed by atoms with Crippen LogP contribution in [0.5, 0.6) is 0 Å². The van der Waals surface area contributed by atoms with E-state index in [9.17, 15) is 4.79 Å². The van der Waals surface area contributed by atoms with Crippen molar-refractivity contribution >= 4 is 35.5 Å². The fourth-order valence-corrected chi connectivity index (χ4v) is 1.63. The average molecular weight is 274 g/mol. The number of nitrogens with zero attached hydrogens (tertiary/aromatic N) is 2. The molecule has 0 aliphatic rings. The van der Waals surface area contributed by atoms with Crippen molar-refractivity contribution < 1.29 is 4.79 Å². The minimum absolute atomic E-state index is 0.0610. The highest BCUT2D eigenvalue weighted by molar-refractivity contribution is 7.99. The van der Waals surface area contributed by atoms with Gasteiger partial charge in [0.25, 0.3) is 0 Å². The quantitative estimate of drug-likeness (QED) is 0.660. The van der Waals surface area contributed by atoms with Gasteiger partial charge in [-0.25, -0.2) is 9.97 Å². The molecule has 1 aromatic rings. The molecule has 0 aliphatic carbocycles. The zero-order valence-electron chi connectivity index (χ0n) is 10.4. The number of halogens is 1. The number of thioether (sulfide) groups is 1. The van der Waals surface area contributed by atoms with Gasteiger partial charge in [0.1, 0.15) is 16.8 Å². The molecular weight excluding hydrogens is 258 g/mol. The average Bonchev–Trinajstić information content (AvgIpc) is 2.26. The third-order valence-corrected chi connectivity index (χ3v) is 3.90. The molecule has 0 spiro atoms. The number of hydrogen-bond donors (Lipinski definition) is 1. The molecule has 0 aliphatic heterocycles. The highest BCUT2D eigenvalue weighted by atomic mass is 35.5. The Labute approximate surface area is 111 Å². The topological polar surface area (TPSA) is 54.9 Å². The van der Waals surface area contributed by atoms with E-state index in [0.29, 0.717) is 30.0 Å². The minimum atomic E-state index is 0.0610. The van der Waals surface area contributed by atoms with Gasteiger partial charge in [-0.2, -0.15) is 11.8 Å². The number of carbonyl (C=O) groups is 1. The van der Waals surface area contributed by atoms with E-state index in [0.717, 1.165) is 0 Å². The van der Waals surface area contributed by atoms with Gasteiger partial charge in [0.15, 0.2) is 6.29 Å². The summed E-state index contributed by atoms with van der Waals surface area (Å²) in [7, 11) is 0. The second-order valence-electron chi connectivity index (χ2n) is 4.26. The Hall–Kier alpha value is -0.810. The Morgan fingerprint density at radius 1 is 1.47 bits per heavy atom. The Morgan fingerprint density at radius 3 is 2.65 bits per heavy atom. The van der Waals surface area contributed by atoms with Crippen LogP contribution in [0.2, 0.25) is 5.15 Å². The number of hydrogen-bond acceptors (Lipinski definition) is 5. The van der Waals surface area contributed by atoms with E-state index in [4.69, 9.17) is 11.6 Å². The highest BCUT2D eigenvalue weighted by Gasteiger charge is 2.18. The van der Waals surface area contributed by atoms with Crippen molar-refractivity contribution in [2.75, 3.05) is 18.1 Å². The molecule has 0 aromatic carbocycles. The van der Waals surface area contributed by atoms with Crippen LogP contribution < -0.4 is 5.32 Å². The number of anilines is 1. The maximum Gasteiger partial charge on any atom is 0.156 e. The molecular formula is C11H16ClN3OS. The van der Waals surface area contributed by atoms with Gasteiger partial charge in [0.2, 0.25) is 0 Å². The molecule has 1 aromatic heterocycles. The molecule has 0 fully saturated rings. The van der Waals surface area contributed by atoms with Crippen molar-refractivity contribution in [1.29, 1.82) is 0 Å². The van der Waals surface area contributed by atoms with E-state index >= 15 is 0 Å². The van der Waals surface area contributed by atoms with Gasteiger partial charge < -0.3 is 5.32 Å². The maximum atomic E-state index is 10.9. The van der Waals surface area contributed by atoms with Crippen molar-refractivity contribution in [3.63, 3.8) is 0 Å². The summed E-state index contributed by atoms with van der Waals surface area (Å²) in [5, 5.41) is 3.34. The summed E-state index contributed by atoms with van der Waals surface area (Å²) in [6.45, 7) is 6.66. The normalized spacial score (nSPS) is 11.4. The Morgan fingerprint density at radius 2 is 2.12 bits per heavy atom. The molecule has 0 amide bonds. The lowest BCUT2D eigenvalue weighted by molar-refractivity contribution is 0.112. The number of nitrogens with one attached hydrogen (secondary N) is 1. The smallest absolute Gasteiger partial charge is 0.156 e. The zero-order valence-corrected chi connectivity index (χ0v) is 11.9. The predicted octanol–water partition coefficient (Wildman–Crippen LogP) is 2.80. The van der Waals surface area contributed by atoms with Crippen LogP contribution in [0.25, 0.3) is 0 Å². The largest absolute Gasteiger partial charge is 0.368 e. The lowest BCUT2D eigenvalue weighted by atomic mass is 10.2. The van der Waals surface area contributed by atoms with Crippen molar-refractivity contribution in [2.24, 2.45) is 0 Å². The molecule has 0 saturated carbocycles. The molecule has 0 bridgehead atoms. The molecule has 94 valence electrons. The molecule has 17 heavy (non-hydrogen) atoms. The van der Waals surface area contributed by atoms with E-state index in [1.807, 2.05) is 6.26 Å². The van der Waals surface area contributed by atoms with Crippen molar-refractivity contribution in [1.82, 2.24) is 9.97 Å².